The number of benzene rings is 1. The first-order valence-electron chi connectivity index (χ1n) is 9.89. The summed E-state index contributed by atoms with van der Waals surface area (Å²) in [5, 5.41) is 2.15. The van der Waals surface area contributed by atoms with E-state index in [-0.39, 0.29) is 27.8 Å². The van der Waals surface area contributed by atoms with Gasteiger partial charge in [0.2, 0.25) is 14.9 Å². The van der Waals surface area contributed by atoms with Crippen molar-refractivity contribution in [3.8, 4) is 0 Å². The van der Waals surface area contributed by atoms with Gasteiger partial charge in [-0.3, -0.25) is 4.79 Å². The van der Waals surface area contributed by atoms with Crippen LogP contribution >= 0.6 is 22.9 Å². The molecular weight excluding hydrogens is 458 g/mol. The Morgan fingerprint density at radius 1 is 1.19 bits per heavy atom. The van der Waals surface area contributed by atoms with Crippen LogP contribution in [0.3, 0.4) is 0 Å². The average Bonchev–Trinajstić information content (AvgIpc) is 3.50. The number of hydrogen-bond acceptors (Lipinski definition) is 6. The molecule has 1 fully saturated rings. The Hall–Kier alpha value is -2.13. The van der Waals surface area contributed by atoms with E-state index in [0.29, 0.717) is 24.7 Å². The number of halogens is 1. The fraction of sp³-hybridized carbons (Fsp3) is 0.318. The van der Waals surface area contributed by atoms with Crippen molar-refractivity contribution in [1.29, 1.82) is 0 Å². The van der Waals surface area contributed by atoms with Crippen LogP contribution in [0.15, 0.2) is 62.2 Å². The summed E-state index contributed by atoms with van der Waals surface area (Å²) in [4.78, 5) is 16.1. The molecule has 1 saturated heterocycles. The van der Waals surface area contributed by atoms with Gasteiger partial charge in [-0.15, -0.1) is 11.3 Å². The topological polar surface area (TPSA) is 76.8 Å². The van der Waals surface area contributed by atoms with Gasteiger partial charge in [-0.1, -0.05) is 11.6 Å². The molecule has 9 heteroatoms. The van der Waals surface area contributed by atoms with E-state index in [1.807, 2.05) is 18.4 Å². The van der Waals surface area contributed by atoms with Gasteiger partial charge in [-0.25, -0.2) is 8.42 Å². The summed E-state index contributed by atoms with van der Waals surface area (Å²) in [7, 11) is -3.89. The number of furan rings is 1. The second-order valence-corrected chi connectivity index (χ2v) is 10.7. The number of ether oxygens (including phenoxy) is 1. The number of rotatable bonds is 7. The van der Waals surface area contributed by atoms with Crippen molar-refractivity contribution in [2.45, 2.75) is 42.4 Å². The molecule has 3 heterocycles. The Morgan fingerprint density at radius 2 is 1.97 bits per heavy atom. The summed E-state index contributed by atoms with van der Waals surface area (Å²) in [5.74, 6) is -0.374. The number of hydrogen-bond donors (Lipinski definition) is 0. The summed E-state index contributed by atoms with van der Waals surface area (Å²) in [5.41, 5.74) is 1.11. The van der Waals surface area contributed by atoms with Gasteiger partial charge in [0.25, 0.3) is 5.91 Å². The van der Waals surface area contributed by atoms with E-state index in [2.05, 4.69) is 0 Å². The van der Waals surface area contributed by atoms with E-state index in [1.54, 1.807) is 16.2 Å². The van der Waals surface area contributed by atoms with Gasteiger partial charge >= 0.3 is 0 Å². The summed E-state index contributed by atoms with van der Waals surface area (Å²) in [6.07, 6.45) is 1.83. The van der Waals surface area contributed by atoms with Crippen LogP contribution in [0, 0.1) is 6.92 Å². The molecule has 0 bridgehead atoms. The maximum atomic E-state index is 13.3. The molecule has 31 heavy (non-hydrogen) atoms. The molecule has 1 atom stereocenters. The van der Waals surface area contributed by atoms with Gasteiger partial charge in [0.15, 0.2) is 5.76 Å². The number of carbonyl (C=O) groups excluding carboxylic acids is 1. The molecule has 0 spiro atoms. The molecule has 0 N–H and O–H groups in total. The third-order valence-corrected chi connectivity index (χ3v) is 8.12. The predicted octanol–water partition coefficient (Wildman–Crippen LogP) is 4.96. The van der Waals surface area contributed by atoms with Gasteiger partial charge in [0.05, 0.1) is 17.5 Å². The Bertz CT molecular complexity index is 1160. The maximum absolute atomic E-state index is 13.3. The maximum Gasteiger partial charge on any atom is 0.290 e. The number of nitrogens with zero attached hydrogens (tertiary/aromatic N) is 1. The minimum absolute atomic E-state index is 0.0141. The van der Waals surface area contributed by atoms with E-state index in [0.717, 1.165) is 23.3 Å². The van der Waals surface area contributed by atoms with Crippen molar-refractivity contribution in [3.63, 3.8) is 0 Å². The van der Waals surface area contributed by atoms with Crippen LogP contribution in [0.4, 0.5) is 0 Å². The van der Waals surface area contributed by atoms with Crippen LogP contribution in [0.25, 0.3) is 0 Å². The molecular formula is C22H22ClNO5S2. The van der Waals surface area contributed by atoms with Crippen molar-refractivity contribution in [2.24, 2.45) is 0 Å². The largest absolute Gasteiger partial charge is 0.439 e. The van der Waals surface area contributed by atoms with Crippen molar-refractivity contribution in [2.75, 3.05) is 13.2 Å². The summed E-state index contributed by atoms with van der Waals surface area (Å²) in [6, 6.07) is 10.5. The molecule has 0 aliphatic carbocycles. The highest BCUT2D eigenvalue weighted by Crippen LogP contribution is 2.26. The lowest BCUT2D eigenvalue weighted by molar-refractivity contribution is 0.0482. The molecule has 1 aliphatic rings. The summed E-state index contributed by atoms with van der Waals surface area (Å²) >= 11 is 7.43. The highest BCUT2D eigenvalue weighted by molar-refractivity contribution is 7.91. The third kappa shape index (κ3) is 4.87. The van der Waals surface area contributed by atoms with Crippen molar-refractivity contribution in [1.82, 2.24) is 4.90 Å². The van der Waals surface area contributed by atoms with Crippen LogP contribution in [0.2, 0.25) is 5.02 Å². The average molecular weight is 480 g/mol. The Labute approximate surface area is 190 Å². The lowest BCUT2D eigenvalue weighted by Gasteiger charge is -2.24. The van der Waals surface area contributed by atoms with Gasteiger partial charge < -0.3 is 14.1 Å². The van der Waals surface area contributed by atoms with Crippen molar-refractivity contribution >= 4 is 38.7 Å². The minimum Gasteiger partial charge on any atom is -0.439 e. The van der Waals surface area contributed by atoms with Gasteiger partial charge in [-0.2, -0.15) is 0 Å². The number of amides is 1. The third-order valence-electron chi connectivity index (χ3n) is 5.22. The number of aryl methyl sites for hydroxylation is 1. The van der Waals surface area contributed by atoms with Crippen LogP contribution < -0.4 is 0 Å². The fourth-order valence-corrected chi connectivity index (χ4v) is 5.68. The molecule has 6 nitrogen and oxygen atoms in total. The molecule has 0 radical (unpaired) electrons. The van der Waals surface area contributed by atoms with Crippen LogP contribution in [-0.2, 0) is 21.1 Å². The van der Waals surface area contributed by atoms with E-state index in [9.17, 15) is 13.2 Å². The number of carbonyl (C=O) groups is 1. The molecule has 3 aromatic rings. The fourth-order valence-electron chi connectivity index (χ4n) is 3.46. The Morgan fingerprint density at radius 3 is 2.61 bits per heavy atom. The minimum atomic E-state index is -3.89. The van der Waals surface area contributed by atoms with Gasteiger partial charge in [-0.05, 0) is 73.2 Å². The van der Waals surface area contributed by atoms with E-state index >= 15 is 0 Å². The Kier molecular flexibility index (Phi) is 6.52. The molecule has 164 valence electrons. The highest BCUT2D eigenvalue weighted by Gasteiger charge is 2.28. The number of thiophene rings is 1. The van der Waals surface area contributed by atoms with Crippen LogP contribution in [0.1, 0.15) is 33.8 Å². The van der Waals surface area contributed by atoms with E-state index < -0.39 is 9.84 Å². The van der Waals surface area contributed by atoms with E-state index in [4.69, 9.17) is 20.8 Å². The SMILES string of the molecule is Cc1ccsc1CN(CC1CCCO1)C(=O)c1ccc(S(=O)(=O)c2ccc(Cl)cc2)o1. The molecule has 2 aromatic heterocycles. The quantitative estimate of drug-likeness (QED) is 0.478. The standard InChI is InChI=1S/C22H22ClNO5S2/c1-15-10-12-30-20(15)14-24(13-17-3-2-11-28-17)22(25)19-8-9-21(29-19)31(26,27)18-6-4-16(23)5-7-18/h4-10,12,17H,2-3,11,13-14H2,1H3. The Balaban J connectivity index is 1.59. The van der Waals surface area contributed by atoms with Crippen LogP contribution in [-0.4, -0.2) is 38.5 Å². The van der Waals surface area contributed by atoms with Crippen molar-refractivity contribution < 1.29 is 22.4 Å². The molecule has 1 unspecified atom stereocenters. The van der Waals surface area contributed by atoms with E-state index in [1.165, 1.54) is 36.4 Å². The van der Waals surface area contributed by atoms with Gasteiger partial charge in [0.1, 0.15) is 0 Å². The highest BCUT2D eigenvalue weighted by atomic mass is 35.5. The van der Waals surface area contributed by atoms with Crippen molar-refractivity contribution in [3.05, 3.63) is 69.1 Å². The summed E-state index contributed by atoms with van der Waals surface area (Å²) in [6.45, 7) is 3.54. The van der Waals surface area contributed by atoms with Crippen LogP contribution in [0.5, 0.6) is 0 Å². The first-order valence-corrected chi connectivity index (χ1v) is 12.6. The monoisotopic (exact) mass is 479 g/mol. The molecule has 4 rings (SSSR count). The summed E-state index contributed by atoms with van der Waals surface area (Å²) < 4.78 is 37.0. The normalized spacial score (nSPS) is 16.5. The molecule has 1 aliphatic heterocycles. The smallest absolute Gasteiger partial charge is 0.290 e. The zero-order chi connectivity index (χ0) is 22.0. The zero-order valence-corrected chi connectivity index (χ0v) is 19.3. The molecule has 0 saturated carbocycles. The second-order valence-electron chi connectivity index (χ2n) is 7.42. The molecule has 1 amide bonds. The second kappa shape index (κ2) is 9.16. The first kappa shape index (κ1) is 22.1. The van der Waals surface area contributed by atoms with Gasteiger partial charge in [0, 0.05) is 23.1 Å². The first-order chi connectivity index (χ1) is 14.8. The lowest BCUT2D eigenvalue weighted by atomic mass is 10.2. The predicted molar refractivity (Wildman–Crippen MR) is 118 cm³/mol. The lowest BCUT2D eigenvalue weighted by Crippen LogP contribution is -2.36. The number of sulfone groups is 1. The zero-order valence-electron chi connectivity index (χ0n) is 16.9. The molecule has 1 aromatic carbocycles.